The molecular formula is C10H18O2. The molecule has 0 amide bonds. The zero-order valence-electron chi connectivity index (χ0n) is 8.17. The smallest absolute Gasteiger partial charge is 0.170 e. The summed E-state index contributed by atoms with van der Waals surface area (Å²) >= 11 is 0. The Bertz CT molecular complexity index is 163. The molecule has 0 aromatic heterocycles. The minimum absolute atomic E-state index is 0.311. The van der Waals surface area contributed by atoms with Gasteiger partial charge in [0.2, 0.25) is 0 Å². The molecule has 0 bridgehead atoms. The highest BCUT2D eigenvalue weighted by atomic mass is 16.7. The van der Waals surface area contributed by atoms with Gasteiger partial charge in [-0.1, -0.05) is 19.1 Å². The Labute approximate surface area is 74.6 Å². The van der Waals surface area contributed by atoms with E-state index in [2.05, 4.69) is 6.92 Å². The van der Waals surface area contributed by atoms with Gasteiger partial charge in [0.05, 0.1) is 13.2 Å². The summed E-state index contributed by atoms with van der Waals surface area (Å²) in [6.45, 7) is 7.69. The summed E-state index contributed by atoms with van der Waals surface area (Å²) in [4.78, 5) is 0. The fourth-order valence-corrected chi connectivity index (χ4v) is 1.39. The van der Waals surface area contributed by atoms with Crippen LogP contribution in [0.5, 0.6) is 0 Å². The van der Waals surface area contributed by atoms with Crippen LogP contribution in [0, 0.1) is 5.92 Å². The molecule has 0 aromatic carbocycles. The van der Waals surface area contributed by atoms with Crippen LogP contribution in [0.3, 0.4) is 0 Å². The molecule has 0 N–H and O–H groups in total. The molecule has 1 fully saturated rings. The normalized spacial score (nSPS) is 35.4. The molecule has 0 aliphatic carbocycles. The van der Waals surface area contributed by atoms with Gasteiger partial charge in [-0.2, -0.15) is 0 Å². The Kier molecular flexibility index (Phi) is 3.29. The fourth-order valence-electron chi connectivity index (χ4n) is 1.39. The van der Waals surface area contributed by atoms with Gasteiger partial charge in [0.25, 0.3) is 0 Å². The first-order valence-corrected chi connectivity index (χ1v) is 4.62. The first-order chi connectivity index (χ1) is 5.73. The lowest BCUT2D eigenvalue weighted by Gasteiger charge is -2.45. The summed E-state index contributed by atoms with van der Waals surface area (Å²) < 4.78 is 11.0. The molecule has 0 aromatic rings. The van der Waals surface area contributed by atoms with E-state index in [1.807, 2.05) is 26.0 Å². The van der Waals surface area contributed by atoms with Crippen LogP contribution in [0.15, 0.2) is 12.2 Å². The van der Waals surface area contributed by atoms with Crippen molar-refractivity contribution in [1.82, 2.24) is 0 Å². The third-order valence-electron chi connectivity index (χ3n) is 2.51. The monoisotopic (exact) mass is 170 g/mol. The van der Waals surface area contributed by atoms with E-state index in [9.17, 15) is 0 Å². The summed E-state index contributed by atoms with van der Waals surface area (Å²) in [5.74, 6) is 0.261. The number of hydrogen-bond acceptors (Lipinski definition) is 2. The summed E-state index contributed by atoms with van der Waals surface area (Å²) in [7, 11) is 0. The van der Waals surface area contributed by atoms with Crippen LogP contribution in [0.1, 0.15) is 27.2 Å². The van der Waals surface area contributed by atoms with E-state index >= 15 is 0 Å². The van der Waals surface area contributed by atoms with E-state index in [-0.39, 0.29) is 5.79 Å². The average molecular weight is 170 g/mol. The molecule has 1 aliphatic rings. The molecule has 1 rings (SSSR count). The lowest BCUT2D eigenvalue weighted by atomic mass is 9.92. The van der Waals surface area contributed by atoms with E-state index in [0.29, 0.717) is 12.5 Å². The van der Waals surface area contributed by atoms with Gasteiger partial charge < -0.3 is 9.47 Å². The fraction of sp³-hybridized carbons (Fsp3) is 0.800. The van der Waals surface area contributed by atoms with Gasteiger partial charge in [-0.05, 0) is 20.3 Å². The van der Waals surface area contributed by atoms with Crippen LogP contribution >= 0.6 is 0 Å². The molecule has 1 aliphatic heterocycles. The van der Waals surface area contributed by atoms with Gasteiger partial charge in [0.1, 0.15) is 0 Å². The summed E-state index contributed by atoms with van der Waals surface area (Å²) in [5, 5.41) is 0. The highest BCUT2D eigenvalue weighted by Crippen LogP contribution is 2.35. The van der Waals surface area contributed by atoms with Gasteiger partial charge in [0, 0.05) is 5.92 Å². The topological polar surface area (TPSA) is 18.5 Å². The maximum atomic E-state index is 5.60. The van der Waals surface area contributed by atoms with E-state index in [1.165, 1.54) is 0 Å². The van der Waals surface area contributed by atoms with Gasteiger partial charge >= 0.3 is 0 Å². The minimum Gasteiger partial charge on any atom is -0.349 e. The maximum Gasteiger partial charge on any atom is 0.170 e. The van der Waals surface area contributed by atoms with Crippen LogP contribution in [-0.2, 0) is 9.47 Å². The largest absolute Gasteiger partial charge is 0.349 e. The van der Waals surface area contributed by atoms with Crippen molar-refractivity contribution in [1.29, 1.82) is 0 Å². The van der Waals surface area contributed by atoms with E-state index in [4.69, 9.17) is 9.47 Å². The molecule has 0 spiro atoms. The van der Waals surface area contributed by atoms with Crippen molar-refractivity contribution in [3.05, 3.63) is 12.2 Å². The summed E-state index contributed by atoms with van der Waals surface area (Å²) in [5.41, 5.74) is 0. The lowest BCUT2D eigenvalue weighted by Crippen LogP contribution is -2.52. The zero-order chi connectivity index (χ0) is 9.03. The molecule has 12 heavy (non-hydrogen) atoms. The quantitative estimate of drug-likeness (QED) is 0.603. The average Bonchev–Trinajstić information content (AvgIpc) is 2.04. The SMILES string of the molecule is CC=CCOC1(C)OCC1CC. The Morgan fingerprint density at radius 3 is 2.83 bits per heavy atom. The van der Waals surface area contributed by atoms with Crippen LogP contribution in [0.4, 0.5) is 0 Å². The third-order valence-corrected chi connectivity index (χ3v) is 2.51. The van der Waals surface area contributed by atoms with Gasteiger partial charge in [0.15, 0.2) is 5.79 Å². The van der Waals surface area contributed by atoms with Crippen LogP contribution < -0.4 is 0 Å². The standard InChI is InChI=1S/C10H18O2/c1-4-6-7-11-10(3)9(5-2)8-12-10/h4,6,9H,5,7-8H2,1-3H3. The molecule has 1 saturated heterocycles. The van der Waals surface area contributed by atoms with Crippen LogP contribution in [-0.4, -0.2) is 19.0 Å². The lowest BCUT2D eigenvalue weighted by molar-refractivity contribution is -0.333. The number of rotatable bonds is 4. The van der Waals surface area contributed by atoms with E-state index < -0.39 is 0 Å². The molecule has 70 valence electrons. The molecule has 2 nitrogen and oxygen atoms in total. The Balaban J connectivity index is 2.29. The van der Waals surface area contributed by atoms with Crippen LogP contribution in [0.2, 0.25) is 0 Å². The minimum atomic E-state index is -0.311. The van der Waals surface area contributed by atoms with Crippen molar-refractivity contribution in [3.8, 4) is 0 Å². The van der Waals surface area contributed by atoms with Gasteiger partial charge in [-0.15, -0.1) is 0 Å². The molecule has 1 heterocycles. The summed E-state index contributed by atoms with van der Waals surface area (Å²) in [6, 6.07) is 0. The Morgan fingerprint density at radius 1 is 1.67 bits per heavy atom. The van der Waals surface area contributed by atoms with E-state index in [0.717, 1.165) is 13.0 Å². The summed E-state index contributed by atoms with van der Waals surface area (Å²) in [6.07, 6.45) is 5.12. The van der Waals surface area contributed by atoms with Crippen molar-refractivity contribution >= 4 is 0 Å². The highest BCUT2D eigenvalue weighted by molar-refractivity contribution is 4.85. The predicted octanol–water partition coefficient (Wildman–Crippen LogP) is 2.35. The number of ether oxygens (including phenoxy) is 2. The molecule has 2 heteroatoms. The first kappa shape index (κ1) is 9.75. The van der Waals surface area contributed by atoms with Crippen molar-refractivity contribution in [2.75, 3.05) is 13.2 Å². The Morgan fingerprint density at radius 2 is 2.42 bits per heavy atom. The van der Waals surface area contributed by atoms with Crippen molar-refractivity contribution in [2.45, 2.75) is 33.0 Å². The van der Waals surface area contributed by atoms with Crippen LogP contribution in [0.25, 0.3) is 0 Å². The maximum absolute atomic E-state index is 5.60. The van der Waals surface area contributed by atoms with Gasteiger partial charge in [-0.25, -0.2) is 0 Å². The molecular weight excluding hydrogens is 152 g/mol. The van der Waals surface area contributed by atoms with Crippen molar-refractivity contribution < 1.29 is 9.47 Å². The zero-order valence-corrected chi connectivity index (χ0v) is 8.17. The molecule has 0 radical (unpaired) electrons. The molecule has 2 atom stereocenters. The predicted molar refractivity (Wildman–Crippen MR) is 48.9 cm³/mol. The van der Waals surface area contributed by atoms with Gasteiger partial charge in [-0.3, -0.25) is 0 Å². The number of allylic oxidation sites excluding steroid dienone is 1. The second kappa shape index (κ2) is 4.06. The molecule has 2 unspecified atom stereocenters. The molecule has 0 saturated carbocycles. The first-order valence-electron chi connectivity index (χ1n) is 4.62. The second-order valence-electron chi connectivity index (χ2n) is 3.31. The van der Waals surface area contributed by atoms with Crippen molar-refractivity contribution in [3.63, 3.8) is 0 Å². The number of hydrogen-bond donors (Lipinski definition) is 0. The third kappa shape index (κ3) is 1.87. The Hall–Kier alpha value is -0.340. The highest BCUT2D eigenvalue weighted by Gasteiger charge is 2.43. The van der Waals surface area contributed by atoms with Crippen molar-refractivity contribution in [2.24, 2.45) is 5.92 Å². The second-order valence-corrected chi connectivity index (χ2v) is 3.31. The van der Waals surface area contributed by atoms with E-state index in [1.54, 1.807) is 0 Å².